The lowest BCUT2D eigenvalue weighted by Crippen LogP contribution is -2.17. The highest BCUT2D eigenvalue weighted by Gasteiger charge is 1.93. The van der Waals surface area contributed by atoms with Gasteiger partial charge in [0, 0.05) is 6.61 Å². The van der Waals surface area contributed by atoms with Crippen molar-refractivity contribution in [1.82, 2.24) is 0 Å². The minimum Gasteiger partial charge on any atom is -0.419 e. The quantitative estimate of drug-likeness (QED) is 0.510. The Morgan fingerprint density at radius 2 is 2.07 bits per heavy atom. The molecule has 0 aliphatic heterocycles. The third-order valence-electron chi connectivity index (χ3n) is 2.13. The molecule has 0 aromatic heterocycles. The van der Waals surface area contributed by atoms with Crippen LogP contribution in [0.15, 0.2) is 30.8 Å². The van der Waals surface area contributed by atoms with Crippen LogP contribution in [-0.4, -0.2) is 16.4 Å². The van der Waals surface area contributed by atoms with Crippen LogP contribution in [0.3, 0.4) is 0 Å². The lowest BCUT2D eigenvalue weighted by molar-refractivity contribution is 0.332. The van der Waals surface area contributed by atoms with Crippen LogP contribution < -0.4 is 5.19 Å². The first-order chi connectivity index (χ1) is 6.86. The van der Waals surface area contributed by atoms with Crippen molar-refractivity contribution < 1.29 is 4.43 Å². The molecule has 76 valence electrons. The van der Waals surface area contributed by atoms with E-state index in [4.69, 9.17) is 4.43 Å². The van der Waals surface area contributed by atoms with E-state index in [1.165, 1.54) is 23.6 Å². The van der Waals surface area contributed by atoms with E-state index in [0.29, 0.717) is 0 Å². The van der Waals surface area contributed by atoms with Gasteiger partial charge >= 0.3 is 0 Å². The average Bonchev–Trinajstić information content (AvgIpc) is 2.25. The van der Waals surface area contributed by atoms with Gasteiger partial charge in [0.1, 0.15) is 0 Å². The van der Waals surface area contributed by atoms with Crippen molar-refractivity contribution in [3.05, 3.63) is 36.4 Å². The summed E-state index contributed by atoms with van der Waals surface area (Å²) in [7, 11) is -0.490. The van der Waals surface area contributed by atoms with Crippen LogP contribution in [0.1, 0.15) is 25.3 Å². The highest BCUT2D eigenvalue weighted by atomic mass is 28.2. The van der Waals surface area contributed by atoms with E-state index in [2.05, 4.69) is 37.8 Å². The first-order valence-electron chi connectivity index (χ1n) is 5.16. The molecule has 0 aliphatic rings. The van der Waals surface area contributed by atoms with Gasteiger partial charge in [-0.2, -0.15) is 0 Å². The summed E-state index contributed by atoms with van der Waals surface area (Å²) < 4.78 is 5.65. The zero-order valence-corrected chi connectivity index (χ0v) is 10.2. The Balaban J connectivity index is 2.32. The fourth-order valence-corrected chi connectivity index (χ4v) is 2.20. The van der Waals surface area contributed by atoms with Crippen molar-refractivity contribution in [2.24, 2.45) is 0 Å². The van der Waals surface area contributed by atoms with Crippen LogP contribution in [0.25, 0.3) is 6.08 Å². The van der Waals surface area contributed by atoms with Gasteiger partial charge in [-0.1, -0.05) is 50.3 Å². The second kappa shape index (κ2) is 6.57. The molecule has 1 nitrogen and oxygen atoms in total. The van der Waals surface area contributed by atoms with E-state index in [1.807, 2.05) is 6.08 Å². The third-order valence-corrected chi connectivity index (χ3v) is 3.42. The Hall–Kier alpha value is -0.863. The highest BCUT2D eigenvalue weighted by Crippen LogP contribution is 1.97. The van der Waals surface area contributed by atoms with E-state index in [1.54, 1.807) is 0 Å². The Bertz CT molecular complexity index is 266. The molecule has 0 heterocycles. The SMILES string of the molecule is C=Cc1ccc([SiH2]OCCCC)cc1. The van der Waals surface area contributed by atoms with Gasteiger partial charge in [0.15, 0.2) is 9.76 Å². The van der Waals surface area contributed by atoms with Gasteiger partial charge in [0.05, 0.1) is 0 Å². The van der Waals surface area contributed by atoms with Gasteiger partial charge < -0.3 is 4.43 Å². The number of benzene rings is 1. The number of hydrogen-bond donors (Lipinski definition) is 0. The molecule has 1 aromatic carbocycles. The predicted molar refractivity (Wildman–Crippen MR) is 65.6 cm³/mol. The second-order valence-corrected chi connectivity index (χ2v) is 4.87. The lowest BCUT2D eigenvalue weighted by Gasteiger charge is -2.03. The molecule has 1 rings (SSSR count). The van der Waals surface area contributed by atoms with E-state index in [9.17, 15) is 0 Å². The molecule has 0 fully saturated rings. The highest BCUT2D eigenvalue weighted by molar-refractivity contribution is 6.46. The molecule has 0 unspecified atom stereocenters. The number of unbranched alkanes of at least 4 members (excludes halogenated alkanes) is 1. The Kier molecular flexibility index (Phi) is 5.26. The molecule has 0 atom stereocenters. The predicted octanol–water partition coefficient (Wildman–Crippen LogP) is 1.86. The molecule has 0 bridgehead atoms. The van der Waals surface area contributed by atoms with Crippen molar-refractivity contribution in [3.8, 4) is 0 Å². The van der Waals surface area contributed by atoms with E-state index >= 15 is 0 Å². The Morgan fingerprint density at radius 3 is 2.64 bits per heavy atom. The molecule has 14 heavy (non-hydrogen) atoms. The summed E-state index contributed by atoms with van der Waals surface area (Å²) in [5.74, 6) is 0. The molecule has 1 aromatic rings. The van der Waals surface area contributed by atoms with Gasteiger partial charge in [0.25, 0.3) is 0 Å². The van der Waals surface area contributed by atoms with E-state index in [0.717, 1.165) is 6.61 Å². The molecular formula is C12H18OSi. The molecule has 0 spiro atoms. The normalized spacial score (nSPS) is 10.9. The van der Waals surface area contributed by atoms with Crippen molar-refractivity contribution >= 4 is 21.0 Å². The van der Waals surface area contributed by atoms with Gasteiger partial charge in [-0.05, 0) is 17.2 Å². The summed E-state index contributed by atoms with van der Waals surface area (Å²) in [5, 5.41) is 1.37. The molecule has 2 heteroatoms. The van der Waals surface area contributed by atoms with Crippen molar-refractivity contribution in [2.75, 3.05) is 6.61 Å². The third kappa shape index (κ3) is 3.90. The average molecular weight is 206 g/mol. The van der Waals surface area contributed by atoms with Gasteiger partial charge in [0.2, 0.25) is 0 Å². The zero-order chi connectivity index (χ0) is 10.2. The van der Waals surface area contributed by atoms with Crippen molar-refractivity contribution in [3.63, 3.8) is 0 Å². The first kappa shape index (κ1) is 11.2. The zero-order valence-electron chi connectivity index (χ0n) is 8.83. The lowest BCUT2D eigenvalue weighted by atomic mass is 10.2. The molecular weight excluding hydrogens is 188 g/mol. The largest absolute Gasteiger partial charge is 0.419 e. The summed E-state index contributed by atoms with van der Waals surface area (Å²) in [6.07, 6.45) is 4.25. The fraction of sp³-hybridized carbons (Fsp3) is 0.333. The maximum absolute atomic E-state index is 5.65. The van der Waals surface area contributed by atoms with Crippen LogP contribution in [0, 0.1) is 0 Å². The molecule has 0 N–H and O–H groups in total. The summed E-state index contributed by atoms with van der Waals surface area (Å²) >= 11 is 0. The first-order valence-corrected chi connectivity index (χ1v) is 6.44. The van der Waals surface area contributed by atoms with Gasteiger partial charge in [-0.15, -0.1) is 0 Å². The molecule has 0 aliphatic carbocycles. The maximum atomic E-state index is 5.65. The molecule has 0 saturated heterocycles. The maximum Gasteiger partial charge on any atom is 0.192 e. The van der Waals surface area contributed by atoms with Crippen LogP contribution in [-0.2, 0) is 4.43 Å². The van der Waals surface area contributed by atoms with Crippen LogP contribution in [0.5, 0.6) is 0 Å². The second-order valence-electron chi connectivity index (χ2n) is 3.35. The Labute approximate surface area is 88.7 Å². The summed E-state index contributed by atoms with van der Waals surface area (Å²) in [5.41, 5.74) is 1.18. The standard InChI is InChI=1S/C12H18OSi/c1-3-5-10-13-14-12-8-6-11(4-2)7-9-12/h4,6-9H,2-3,5,10,14H2,1H3. The van der Waals surface area contributed by atoms with Gasteiger partial charge in [-0.25, -0.2) is 0 Å². The number of rotatable bonds is 6. The minimum atomic E-state index is -0.490. The summed E-state index contributed by atoms with van der Waals surface area (Å²) in [6, 6.07) is 8.49. The summed E-state index contributed by atoms with van der Waals surface area (Å²) in [4.78, 5) is 0. The van der Waals surface area contributed by atoms with Crippen molar-refractivity contribution in [2.45, 2.75) is 19.8 Å². The van der Waals surface area contributed by atoms with E-state index in [-0.39, 0.29) is 0 Å². The van der Waals surface area contributed by atoms with E-state index < -0.39 is 9.76 Å². The Morgan fingerprint density at radius 1 is 1.36 bits per heavy atom. The van der Waals surface area contributed by atoms with Gasteiger partial charge in [-0.3, -0.25) is 0 Å². The fourth-order valence-electron chi connectivity index (χ4n) is 1.19. The topological polar surface area (TPSA) is 9.23 Å². The molecule has 0 saturated carbocycles. The monoisotopic (exact) mass is 206 g/mol. The molecule has 0 amide bonds. The smallest absolute Gasteiger partial charge is 0.192 e. The van der Waals surface area contributed by atoms with Crippen LogP contribution in [0.2, 0.25) is 0 Å². The minimum absolute atomic E-state index is 0.490. The number of hydrogen-bond acceptors (Lipinski definition) is 1. The molecule has 0 radical (unpaired) electrons. The summed E-state index contributed by atoms with van der Waals surface area (Å²) in [6.45, 7) is 6.83. The van der Waals surface area contributed by atoms with Crippen LogP contribution in [0.4, 0.5) is 0 Å². The van der Waals surface area contributed by atoms with Crippen molar-refractivity contribution in [1.29, 1.82) is 0 Å². The van der Waals surface area contributed by atoms with Crippen LogP contribution >= 0.6 is 0 Å².